The van der Waals surface area contributed by atoms with Gasteiger partial charge >= 0.3 is 0 Å². The third-order valence-electron chi connectivity index (χ3n) is 7.46. The molecule has 0 saturated carbocycles. The number of amides is 2. The van der Waals surface area contributed by atoms with Crippen molar-refractivity contribution in [3.63, 3.8) is 0 Å². The zero-order chi connectivity index (χ0) is 30.2. The average Bonchev–Trinajstić information content (AvgIpc) is 3.03. The quantitative estimate of drug-likeness (QED) is 0.133. The number of carbonyl (C=O) groups is 2. The summed E-state index contributed by atoms with van der Waals surface area (Å²) in [4.78, 5) is 38.5. The maximum atomic E-state index is 13.3. The van der Waals surface area contributed by atoms with Gasteiger partial charge in [0.2, 0.25) is 5.91 Å². The van der Waals surface area contributed by atoms with Crippen molar-refractivity contribution in [3.05, 3.63) is 119 Å². The van der Waals surface area contributed by atoms with Crippen LogP contribution in [-0.4, -0.2) is 64.7 Å². The van der Waals surface area contributed by atoms with Crippen LogP contribution in [0.25, 0.3) is 0 Å². The van der Waals surface area contributed by atoms with Crippen molar-refractivity contribution in [3.8, 4) is 0 Å². The number of thioether (sulfide) groups is 1. The van der Waals surface area contributed by atoms with Crippen LogP contribution in [0.2, 0.25) is 5.15 Å². The van der Waals surface area contributed by atoms with Crippen molar-refractivity contribution in [2.75, 3.05) is 36.8 Å². The Hall–Kier alpha value is -3.95. The first-order valence-electron chi connectivity index (χ1n) is 14.2. The summed E-state index contributed by atoms with van der Waals surface area (Å²) in [5.74, 6) is 0.393. The number of nitrogens with one attached hydrogen (secondary N) is 1. The maximum Gasteiger partial charge on any atom is 0.254 e. The van der Waals surface area contributed by atoms with Crippen LogP contribution in [0, 0.1) is 5.82 Å². The summed E-state index contributed by atoms with van der Waals surface area (Å²) in [6.45, 7) is 4.09. The van der Waals surface area contributed by atoms with Gasteiger partial charge in [-0.2, -0.15) is 0 Å². The van der Waals surface area contributed by atoms with E-state index in [0.717, 1.165) is 6.42 Å². The number of hydrogen-bond acceptors (Lipinski definition) is 6. The number of hydrogen-bond donors (Lipinski definition) is 1. The molecule has 0 radical (unpaired) electrons. The summed E-state index contributed by atoms with van der Waals surface area (Å²) in [6.07, 6.45) is 0.774. The zero-order valence-corrected chi connectivity index (χ0v) is 25.4. The van der Waals surface area contributed by atoms with Crippen molar-refractivity contribution >= 4 is 41.0 Å². The van der Waals surface area contributed by atoms with Gasteiger partial charge in [0.1, 0.15) is 16.8 Å². The molecule has 1 fully saturated rings. The summed E-state index contributed by atoms with van der Waals surface area (Å²) in [5.41, 5.74) is 2.89. The van der Waals surface area contributed by atoms with E-state index in [1.807, 2.05) is 43.3 Å². The number of anilines is 1. The molecular weight excluding hydrogens is 585 g/mol. The highest BCUT2D eigenvalue weighted by molar-refractivity contribution is 7.99. The molecule has 7 nitrogen and oxygen atoms in total. The van der Waals surface area contributed by atoms with Gasteiger partial charge < -0.3 is 15.1 Å². The highest BCUT2D eigenvalue weighted by Gasteiger charge is 2.29. The zero-order valence-electron chi connectivity index (χ0n) is 23.8. The average molecular weight is 618 g/mol. The number of piperazine rings is 1. The molecule has 0 bridgehead atoms. The third-order valence-corrected chi connectivity index (χ3v) is 8.50. The number of halogens is 2. The molecule has 1 unspecified atom stereocenters. The molecule has 1 aromatic heterocycles. The van der Waals surface area contributed by atoms with Crippen LogP contribution >= 0.6 is 23.4 Å². The summed E-state index contributed by atoms with van der Waals surface area (Å²) in [6, 6.07) is 27.8. The van der Waals surface area contributed by atoms with Gasteiger partial charge in [-0.3, -0.25) is 9.59 Å². The first-order valence-corrected chi connectivity index (χ1v) is 15.6. The predicted molar refractivity (Wildman–Crippen MR) is 169 cm³/mol. The molecule has 4 aromatic rings. The molecule has 43 heavy (non-hydrogen) atoms. The minimum atomic E-state index is -0.374. The van der Waals surface area contributed by atoms with Gasteiger partial charge in [0, 0.05) is 49.8 Å². The molecule has 1 atom stereocenters. The first-order chi connectivity index (χ1) is 20.9. The number of aromatic nitrogens is 2. The third kappa shape index (κ3) is 8.12. The second-order valence-corrected chi connectivity index (χ2v) is 11.8. The monoisotopic (exact) mass is 617 g/mol. The van der Waals surface area contributed by atoms with Gasteiger partial charge in [0.05, 0.1) is 5.75 Å². The molecular formula is C33H33ClFN5O2S. The largest absolute Gasteiger partial charge is 0.355 e. The molecule has 2 heterocycles. The van der Waals surface area contributed by atoms with E-state index < -0.39 is 0 Å². The summed E-state index contributed by atoms with van der Waals surface area (Å²) in [5, 5.41) is 3.75. The Labute approximate surface area is 260 Å². The summed E-state index contributed by atoms with van der Waals surface area (Å²) >= 11 is 7.58. The van der Waals surface area contributed by atoms with Gasteiger partial charge in [0.15, 0.2) is 5.16 Å². The van der Waals surface area contributed by atoms with Crippen LogP contribution in [0.5, 0.6) is 0 Å². The molecule has 1 N–H and O–H groups in total. The topological polar surface area (TPSA) is 78.4 Å². The summed E-state index contributed by atoms with van der Waals surface area (Å²) in [7, 11) is 0. The lowest BCUT2D eigenvalue weighted by atomic mass is 9.88. The second-order valence-electron chi connectivity index (χ2n) is 10.4. The van der Waals surface area contributed by atoms with Crippen LogP contribution in [-0.2, 0) is 4.79 Å². The maximum absolute atomic E-state index is 13.3. The Morgan fingerprint density at radius 1 is 0.977 bits per heavy atom. The van der Waals surface area contributed by atoms with E-state index in [0.29, 0.717) is 47.9 Å². The van der Waals surface area contributed by atoms with Crippen molar-refractivity contribution in [2.45, 2.75) is 30.5 Å². The standard InChI is InChI=1S/C33H33ClFN5O2S/c1-23-21-39(18-19-40(23)32(42)26-12-14-27(35)15-13-26)30-20-29(34)37-33(38-30)43-22-31(41)36-17-16-28(24-8-4-2-5-9-24)25-10-6-3-7-11-25/h2-15,20,23,28H,16-19,21-22H2,1H3,(H,36,41). The molecule has 10 heteroatoms. The Morgan fingerprint density at radius 2 is 1.63 bits per heavy atom. The minimum absolute atomic E-state index is 0.0995. The lowest BCUT2D eigenvalue weighted by Gasteiger charge is -2.40. The van der Waals surface area contributed by atoms with Gasteiger partial charge in [-0.25, -0.2) is 14.4 Å². The fourth-order valence-corrected chi connectivity index (χ4v) is 6.18. The van der Waals surface area contributed by atoms with Gasteiger partial charge in [-0.1, -0.05) is 84.0 Å². The Morgan fingerprint density at radius 3 is 2.26 bits per heavy atom. The fraction of sp³-hybridized carbons (Fsp3) is 0.273. The van der Waals surface area contributed by atoms with Crippen LogP contribution < -0.4 is 10.2 Å². The van der Waals surface area contributed by atoms with E-state index in [-0.39, 0.29) is 35.3 Å². The van der Waals surface area contributed by atoms with E-state index in [4.69, 9.17) is 11.6 Å². The number of nitrogens with zero attached hydrogens (tertiary/aromatic N) is 4. The number of benzene rings is 3. The smallest absolute Gasteiger partial charge is 0.254 e. The predicted octanol–water partition coefficient (Wildman–Crippen LogP) is 6.05. The molecule has 0 spiro atoms. The van der Waals surface area contributed by atoms with E-state index in [9.17, 15) is 14.0 Å². The highest BCUT2D eigenvalue weighted by Crippen LogP contribution is 2.28. The Balaban J connectivity index is 1.14. The van der Waals surface area contributed by atoms with Crippen molar-refractivity contribution in [2.24, 2.45) is 0 Å². The molecule has 0 aliphatic carbocycles. The lowest BCUT2D eigenvalue weighted by Crippen LogP contribution is -2.54. The highest BCUT2D eigenvalue weighted by atomic mass is 35.5. The molecule has 222 valence electrons. The van der Waals surface area contributed by atoms with Crippen molar-refractivity contribution in [1.29, 1.82) is 0 Å². The van der Waals surface area contributed by atoms with E-state index in [2.05, 4.69) is 44.5 Å². The molecule has 2 amide bonds. The van der Waals surface area contributed by atoms with Crippen molar-refractivity contribution in [1.82, 2.24) is 20.2 Å². The molecule has 1 aliphatic rings. The molecule has 1 saturated heterocycles. The van der Waals surface area contributed by atoms with Crippen LogP contribution in [0.3, 0.4) is 0 Å². The molecule has 5 rings (SSSR count). The first kappa shape index (κ1) is 30.5. The van der Waals surface area contributed by atoms with Gasteiger partial charge in [-0.05, 0) is 48.7 Å². The minimum Gasteiger partial charge on any atom is -0.355 e. The number of rotatable bonds is 10. The Kier molecular flexibility index (Phi) is 10.3. The lowest BCUT2D eigenvalue weighted by molar-refractivity contribution is -0.118. The van der Waals surface area contributed by atoms with Crippen LogP contribution in [0.1, 0.15) is 40.7 Å². The molecule has 1 aliphatic heterocycles. The van der Waals surface area contributed by atoms with Crippen molar-refractivity contribution < 1.29 is 14.0 Å². The van der Waals surface area contributed by atoms with Gasteiger partial charge in [-0.15, -0.1) is 0 Å². The normalized spacial score (nSPS) is 15.0. The van der Waals surface area contributed by atoms with E-state index in [1.54, 1.807) is 11.0 Å². The van der Waals surface area contributed by atoms with E-state index in [1.165, 1.54) is 47.2 Å². The second kappa shape index (κ2) is 14.5. The number of carbonyl (C=O) groups excluding carboxylic acids is 2. The van der Waals surface area contributed by atoms with Gasteiger partial charge in [0.25, 0.3) is 5.91 Å². The SMILES string of the molecule is CC1CN(c2cc(Cl)nc(SCC(=O)NCCC(c3ccccc3)c3ccccc3)n2)CCN1C(=O)c1ccc(F)cc1. The molecule has 3 aromatic carbocycles. The summed E-state index contributed by atoms with van der Waals surface area (Å²) < 4.78 is 13.3. The van der Waals surface area contributed by atoms with Crippen LogP contribution in [0.15, 0.2) is 96.2 Å². The van der Waals surface area contributed by atoms with E-state index >= 15 is 0 Å². The Bertz CT molecular complexity index is 1490. The fourth-order valence-electron chi connectivity index (χ4n) is 5.27. The van der Waals surface area contributed by atoms with Crippen LogP contribution in [0.4, 0.5) is 10.2 Å².